The number of thioether (sulfide) groups is 1. The van der Waals surface area contributed by atoms with E-state index >= 15 is 0 Å². The van der Waals surface area contributed by atoms with Crippen molar-refractivity contribution in [2.45, 2.75) is 23.2 Å². The lowest BCUT2D eigenvalue weighted by molar-refractivity contribution is 0.355. The molecular weight excluding hydrogens is 322 g/mol. The molecule has 0 bridgehead atoms. The van der Waals surface area contributed by atoms with Crippen LogP contribution in [0.3, 0.4) is 0 Å². The van der Waals surface area contributed by atoms with Crippen molar-refractivity contribution in [3.05, 3.63) is 18.2 Å². The summed E-state index contributed by atoms with van der Waals surface area (Å²) < 4.78 is 29.8. The summed E-state index contributed by atoms with van der Waals surface area (Å²) in [6.07, 6.45) is 2.96. The molecule has 0 amide bonds. The summed E-state index contributed by atoms with van der Waals surface area (Å²) >= 11 is 1.69. The molecule has 3 rings (SSSR count). The van der Waals surface area contributed by atoms with Crippen molar-refractivity contribution >= 4 is 32.8 Å². The molecule has 1 aliphatic rings. The summed E-state index contributed by atoms with van der Waals surface area (Å²) in [6, 6.07) is 5.75. The van der Waals surface area contributed by atoms with Gasteiger partial charge in [-0.3, -0.25) is 0 Å². The average molecular weight is 341 g/mol. The van der Waals surface area contributed by atoms with E-state index in [2.05, 4.69) is 9.97 Å². The van der Waals surface area contributed by atoms with E-state index in [-0.39, 0.29) is 0 Å². The molecule has 1 aromatic carbocycles. The van der Waals surface area contributed by atoms with E-state index in [0.29, 0.717) is 18.3 Å². The molecule has 8 heteroatoms. The molecule has 1 aliphatic heterocycles. The van der Waals surface area contributed by atoms with E-state index < -0.39 is 10.0 Å². The molecule has 0 unspecified atom stereocenters. The Morgan fingerprint density at radius 2 is 2.09 bits per heavy atom. The highest BCUT2D eigenvalue weighted by Crippen LogP contribution is 2.31. The third-order valence-electron chi connectivity index (χ3n) is 3.82. The fourth-order valence-electron chi connectivity index (χ4n) is 2.59. The number of hydrogen-bond donors (Lipinski definition) is 1. The van der Waals surface area contributed by atoms with Gasteiger partial charge in [0.15, 0.2) is 5.16 Å². The number of imidazole rings is 1. The molecular formula is C14H19N3O3S2. The number of fused-ring (bicyclic) bond motifs is 1. The fraction of sp³-hybridized carbons (Fsp3) is 0.500. The second kappa shape index (κ2) is 6.10. The fourth-order valence-corrected chi connectivity index (χ4v) is 4.54. The summed E-state index contributed by atoms with van der Waals surface area (Å²) in [5, 5.41) is 1.27. The molecule has 6 nitrogen and oxygen atoms in total. The van der Waals surface area contributed by atoms with Crippen molar-refractivity contribution in [2.24, 2.45) is 0 Å². The minimum Gasteiger partial charge on any atom is -0.497 e. The molecule has 120 valence electrons. The number of hydrogen-bond acceptors (Lipinski definition) is 5. The van der Waals surface area contributed by atoms with Crippen LogP contribution in [0.25, 0.3) is 11.0 Å². The number of nitrogens with one attached hydrogen (secondary N) is 1. The number of ether oxygens (including phenoxy) is 1. The van der Waals surface area contributed by atoms with Gasteiger partial charge in [0.05, 0.1) is 24.4 Å². The Balaban J connectivity index is 1.67. The predicted octanol–water partition coefficient (Wildman–Crippen LogP) is 2.09. The molecule has 2 aromatic rings. The van der Waals surface area contributed by atoms with Gasteiger partial charge in [-0.2, -0.15) is 0 Å². The quantitative estimate of drug-likeness (QED) is 0.921. The maximum absolute atomic E-state index is 11.5. The van der Waals surface area contributed by atoms with Gasteiger partial charge in [-0.05, 0) is 25.0 Å². The Labute approximate surface area is 134 Å². The average Bonchev–Trinajstić information content (AvgIpc) is 2.88. The lowest BCUT2D eigenvalue weighted by Crippen LogP contribution is -2.38. The highest BCUT2D eigenvalue weighted by atomic mass is 32.2. The number of sulfonamides is 1. The third kappa shape index (κ3) is 3.39. The highest BCUT2D eigenvalue weighted by molar-refractivity contribution is 7.99. The summed E-state index contributed by atoms with van der Waals surface area (Å²) in [7, 11) is -1.42. The standard InChI is InChI=1S/C14H19N3O3S2/c1-20-10-3-4-12-13(9-10)16-14(15-12)21-11-5-7-17(8-6-11)22(2,18)19/h3-4,9,11H,5-8H2,1-2H3,(H,15,16). The van der Waals surface area contributed by atoms with Gasteiger partial charge in [0, 0.05) is 24.4 Å². The van der Waals surface area contributed by atoms with E-state index in [4.69, 9.17) is 4.74 Å². The van der Waals surface area contributed by atoms with Gasteiger partial charge >= 0.3 is 0 Å². The Hall–Kier alpha value is -1.25. The largest absolute Gasteiger partial charge is 0.497 e. The number of rotatable bonds is 4. The third-order valence-corrected chi connectivity index (χ3v) is 6.34. The number of piperidine rings is 1. The van der Waals surface area contributed by atoms with Crippen LogP contribution in [0.4, 0.5) is 0 Å². The minimum atomic E-state index is -3.06. The first-order valence-corrected chi connectivity index (χ1v) is 9.84. The molecule has 1 fully saturated rings. The number of nitrogens with zero attached hydrogens (tertiary/aromatic N) is 2. The van der Waals surface area contributed by atoms with Gasteiger partial charge < -0.3 is 9.72 Å². The second-order valence-electron chi connectivity index (χ2n) is 5.40. The van der Waals surface area contributed by atoms with Gasteiger partial charge in [-0.1, -0.05) is 11.8 Å². The zero-order valence-corrected chi connectivity index (χ0v) is 14.2. The molecule has 22 heavy (non-hydrogen) atoms. The lowest BCUT2D eigenvalue weighted by Gasteiger charge is -2.29. The van der Waals surface area contributed by atoms with E-state index in [1.165, 1.54) is 6.26 Å². The zero-order chi connectivity index (χ0) is 15.7. The van der Waals surface area contributed by atoms with Crippen molar-refractivity contribution in [3.63, 3.8) is 0 Å². The Bertz CT molecular complexity index is 765. The zero-order valence-electron chi connectivity index (χ0n) is 12.6. The maximum Gasteiger partial charge on any atom is 0.211 e. The van der Waals surface area contributed by atoms with E-state index in [1.807, 2.05) is 18.2 Å². The molecule has 2 heterocycles. The first-order valence-electron chi connectivity index (χ1n) is 7.11. The van der Waals surface area contributed by atoms with E-state index in [9.17, 15) is 8.42 Å². The molecule has 1 aromatic heterocycles. The Morgan fingerprint density at radius 1 is 1.36 bits per heavy atom. The van der Waals surface area contributed by atoms with Crippen LogP contribution in [-0.4, -0.2) is 54.4 Å². The van der Waals surface area contributed by atoms with Crippen LogP contribution in [0, 0.1) is 0 Å². The Kier molecular flexibility index (Phi) is 4.33. The van der Waals surface area contributed by atoms with Gasteiger partial charge in [-0.25, -0.2) is 17.7 Å². The number of H-pyrrole nitrogens is 1. The second-order valence-corrected chi connectivity index (χ2v) is 8.68. The van der Waals surface area contributed by atoms with Crippen molar-refractivity contribution < 1.29 is 13.2 Å². The molecule has 1 saturated heterocycles. The van der Waals surface area contributed by atoms with Crippen LogP contribution in [0.1, 0.15) is 12.8 Å². The molecule has 0 radical (unpaired) electrons. The smallest absolute Gasteiger partial charge is 0.211 e. The van der Waals surface area contributed by atoms with Crippen LogP contribution in [0.15, 0.2) is 23.4 Å². The molecule has 0 atom stereocenters. The first kappa shape index (κ1) is 15.6. The summed E-state index contributed by atoms with van der Waals surface area (Å²) in [5.74, 6) is 0.800. The first-order chi connectivity index (χ1) is 10.5. The highest BCUT2D eigenvalue weighted by Gasteiger charge is 2.26. The number of methoxy groups -OCH3 is 1. The molecule has 0 spiro atoms. The van der Waals surface area contributed by atoms with Crippen molar-refractivity contribution in [3.8, 4) is 5.75 Å². The SMILES string of the molecule is COc1ccc2nc(SC3CCN(S(C)(=O)=O)CC3)[nH]c2c1. The van der Waals surface area contributed by atoms with Crippen LogP contribution >= 0.6 is 11.8 Å². The molecule has 1 N–H and O–H groups in total. The van der Waals surface area contributed by atoms with E-state index in [0.717, 1.165) is 34.8 Å². The minimum absolute atomic E-state index is 0.389. The predicted molar refractivity (Wildman–Crippen MR) is 87.9 cm³/mol. The summed E-state index contributed by atoms with van der Waals surface area (Å²) in [4.78, 5) is 7.87. The van der Waals surface area contributed by atoms with E-state index in [1.54, 1.807) is 23.2 Å². The van der Waals surface area contributed by atoms with Gasteiger partial charge in [0.25, 0.3) is 0 Å². The van der Waals surface area contributed by atoms with Crippen LogP contribution in [0.2, 0.25) is 0 Å². The number of benzene rings is 1. The number of aromatic nitrogens is 2. The topological polar surface area (TPSA) is 75.3 Å². The monoisotopic (exact) mass is 341 g/mol. The van der Waals surface area contributed by atoms with Gasteiger partial charge in [-0.15, -0.1) is 0 Å². The van der Waals surface area contributed by atoms with Gasteiger partial charge in [0.1, 0.15) is 5.75 Å². The lowest BCUT2D eigenvalue weighted by atomic mass is 10.2. The molecule has 0 saturated carbocycles. The number of aromatic amines is 1. The van der Waals surface area contributed by atoms with Crippen molar-refractivity contribution in [1.29, 1.82) is 0 Å². The summed E-state index contributed by atoms with van der Waals surface area (Å²) in [6.45, 7) is 1.18. The molecule has 0 aliphatic carbocycles. The van der Waals surface area contributed by atoms with Crippen LogP contribution in [0.5, 0.6) is 5.75 Å². The Morgan fingerprint density at radius 3 is 2.73 bits per heavy atom. The normalized spacial score (nSPS) is 17.9. The van der Waals surface area contributed by atoms with Crippen LogP contribution < -0.4 is 4.74 Å². The van der Waals surface area contributed by atoms with Gasteiger partial charge in [0.2, 0.25) is 10.0 Å². The summed E-state index contributed by atoms with van der Waals surface area (Å²) in [5.41, 5.74) is 1.87. The van der Waals surface area contributed by atoms with Crippen LogP contribution in [-0.2, 0) is 10.0 Å². The van der Waals surface area contributed by atoms with Crippen molar-refractivity contribution in [2.75, 3.05) is 26.5 Å². The van der Waals surface area contributed by atoms with Crippen molar-refractivity contribution in [1.82, 2.24) is 14.3 Å². The maximum atomic E-state index is 11.5.